The van der Waals surface area contributed by atoms with Crippen molar-refractivity contribution in [3.8, 4) is 0 Å². The molecule has 31 heavy (non-hydrogen) atoms. The van der Waals surface area contributed by atoms with Crippen LogP contribution in [0.4, 0.5) is 0 Å². The van der Waals surface area contributed by atoms with Crippen LogP contribution in [0.1, 0.15) is 48.7 Å². The van der Waals surface area contributed by atoms with E-state index >= 15 is 0 Å². The lowest BCUT2D eigenvalue weighted by Gasteiger charge is -2.20. The topological polar surface area (TPSA) is 104 Å². The lowest BCUT2D eigenvalue weighted by molar-refractivity contribution is -0.121. The Morgan fingerprint density at radius 3 is 2.94 bits per heavy atom. The molecular weight excluding hydrogens is 394 g/mol. The van der Waals surface area contributed by atoms with Crippen molar-refractivity contribution < 1.29 is 9.53 Å². The van der Waals surface area contributed by atoms with Crippen LogP contribution in [0.25, 0.3) is 16.6 Å². The number of fused-ring (bicyclic) bond motifs is 2. The number of hydrogen-bond donors (Lipinski definition) is 3. The summed E-state index contributed by atoms with van der Waals surface area (Å²) in [7, 11) is 0. The summed E-state index contributed by atoms with van der Waals surface area (Å²) in [6.07, 6.45) is 3.97. The maximum Gasteiger partial charge on any atom is 0.272 e. The number of carbonyl (C=O) groups excluding carboxylic acids is 1. The van der Waals surface area contributed by atoms with Crippen LogP contribution in [0, 0.1) is 0 Å². The van der Waals surface area contributed by atoms with Crippen LogP contribution < -0.4 is 10.9 Å². The van der Waals surface area contributed by atoms with Crippen LogP contribution >= 0.6 is 0 Å². The smallest absolute Gasteiger partial charge is 0.272 e. The average Bonchev–Trinajstić information content (AvgIpc) is 3.39. The molecular formula is C23H25N5O3. The van der Waals surface area contributed by atoms with E-state index in [9.17, 15) is 9.59 Å². The van der Waals surface area contributed by atoms with Crippen LogP contribution in [0.3, 0.4) is 0 Å². The van der Waals surface area contributed by atoms with Gasteiger partial charge in [-0.3, -0.25) is 14.7 Å². The van der Waals surface area contributed by atoms with E-state index in [-0.39, 0.29) is 23.9 Å². The standard InChI is InChI=1S/C23H25N5O3/c1-14(25-22(29)10-16-13-24-18-5-3-2-4-17(16)18)19-12-23(30)28-21(26-19)11-20(27-28)15-6-8-31-9-7-15/h2-5,11-15,24,27H,6-10H2,1H3,(H,25,29)/t14-/m1/s1. The third-order valence-electron chi connectivity index (χ3n) is 6.00. The Labute approximate surface area is 178 Å². The van der Waals surface area contributed by atoms with Crippen molar-refractivity contribution in [2.24, 2.45) is 0 Å². The molecule has 1 amide bonds. The number of carbonyl (C=O) groups is 1. The van der Waals surface area contributed by atoms with E-state index in [2.05, 4.69) is 20.4 Å². The Kier molecular flexibility index (Phi) is 5.07. The van der Waals surface area contributed by atoms with Crippen molar-refractivity contribution in [1.82, 2.24) is 24.9 Å². The predicted molar refractivity (Wildman–Crippen MR) is 117 cm³/mol. The second-order valence-electron chi connectivity index (χ2n) is 8.14. The molecule has 0 unspecified atom stereocenters. The molecule has 1 fully saturated rings. The Hall–Kier alpha value is -3.39. The van der Waals surface area contributed by atoms with Crippen LogP contribution in [-0.2, 0) is 16.0 Å². The number of para-hydroxylation sites is 1. The third kappa shape index (κ3) is 3.86. The van der Waals surface area contributed by atoms with E-state index in [0.717, 1.165) is 48.2 Å². The molecule has 8 heteroatoms. The van der Waals surface area contributed by atoms with E-state index in [1.165, 1.54) is 10.6 Å². The largest absolute Gasteiger partial charge is 0.381 e. The van der Waals surface area contributed by atoms with Gasteiger partial charge in [-0.15, -0.1) is 0 Å². The monoisotopic (exact) mass is 419 g/mol. The van der Waals surface area contributed by atoms with E-state index in [0.29, 0.717) is 17.3 Å². The molecule has 0 bridgehead atoms. The summed E-state index contributed by atoms with van der Waals surface area (Å²) in [6, 6.07) is 10.9. The van der Waals surface area contributed by atoms with Gasteiger partial charge < -0.3 is 15.0 Å². The Bertz CT molecular complexity index is 1300. The van der Waals surface area contributed by atoms with E-state index in [1.54, 1.807) is 0 Å². The number of amides is 1. The first-order valence-electron chi connectivity index (χ1n) is 10.6. The molecule has 0 spiro atoms. The number of nitrogens with one attached hydrogen (secondary N) is 3. The van der Waals surface area contributed by atoms with Gasteiger partial charge in [-0.25, -0.2) is 9.50 Å². The minimum atomic E-state index is -0.378. The zero-order chi connectivity index (χ0) is 21.4. The van der Waals surface area contributed by atoms with Gasteiger partial charge in [-0.2, -0.15) is 0 Å². The van der Waals surface area contributed by atoms with Gasteiger partial charge in [0.15, 0.2) is 5.65 Å². The molecule has 4 heterocycles. The zero-order valence-electron chi connectivity index (χ0n) is 17.4. The summed E-state index contributed by atoms with van der Waals surface area (Å²) < 4.78 is 6.89. The molecule has 1 aromatic carbocycles. The van der Waals surface area contributed by atoms with Crippen LogP contribution in [-0.4, -0.2) is 38.7 Å². The fraction of sp³-hybridized carbons (Fsp3) is 0.348. The fourth-order valence-electron chi connectivity index (χ4n) is 4.29. The maximum atomic E-state index is 12.6. The molecule has 1 aliphatic rings. The summed E-state index contributed by atoms with van der Waals surface area (Å²) in [5.74, 6) is 0.225. The van der Waals surface area contributed by atoms with Crippen LogP contribution in [0.15, 0.2) is 47.4 Å². The number of aromatic nitrogens is 4. The van der Waals surface area contributed by atoms with Crippen molar-refractivity contribution in [3.05, 3.63) is 69.9 Å². The summed E-state index contributed by atoms with van der Waals surface area (Å²) in [5, 5.41) is 7.19. The molecule has 1 saturated heterocycles. The van der Waals surface area contributed by atoms with Gasteiger partial charge in [0.1, 0.15) is 0 Å². The first-order valence-corrected chi connectivity index (χ1v) is 10.6. The quantitative estimate of drug-likeness (QED) is 0.463. The molecule has 0 aliphatic carbocycles. The van der Waals surface area contributed by atoms with Gasteiger partial charge in [0, 0.05) is 54.1 Å². The van der Waals surface area contributed by atoms with Gasteiger partial charge >= 0.3 is 0 Å². The highest BCUT2D eigenvalue weighted by atomic mass is 16.5. The molecule has 3 N–H and O–H groups in total. The summed E-state index contributed by atoms with van der Waals surface area (Å²) in [6.45, 7) is 3.30. The zero-order valence-corrected chi connectivity index (χ0v) is 17.4. The molecule has 0 radical (unpaired) electrons. The van der Waals surface area contributed by atoms with Gasteiger partial charge in [0.2, 0.25) is 5.91 Å². The molecule has 8 nitrogen and oxygen atoms in total. The van der Waals surface area contributed by atoms with E-state index in [4.69, 9.17) is 4.74 Å². The SMILES string of the molecule is C[C@@H](NC(=O)Cc1c[nH]c2ccccc12)c1cc(=O)n2[nH]c(C3CCOCC3)cc2n1. The highest BCUT2D eigenvalue weighted by Gasteiger charge is 2.20. The molecule has 3 aromatic heterocycles. The molecule has 1 aliphatic heterocycles. The van der Waals surface area contributed by atoms with Crippen molar-refractivity contribution in [2.45, 2.75) is 38.1 Å². The first-order chi connectivity index (χ1) is 15.1. The van der Waals surface area contributed by atoms with Crippen molar-refractivity contribution in [1.29, 1.82) is 0 Å². The molecule has 1 atom stereocenters. The van der Waals surface area contributed by atoms with Gasteiger partial charge in [0.05, 0.1) is 18.2 Å². The lowest BCUT2D eigenvalue weighted by atomic mass is 9.97. The fourth-order valence-corrected chi connectivity index (χ4v) is 4.29. The second-order valence-corrected chi connectivity index (χ2v) is 8.14. The number of ether oxygens (including phenoxy) is 1. The third-order valence-corrected chi connectivity index (χ3v) is 6.00. The summed E-state index contributed by atoms with van der Waals surface area (Å²) >= 11 is 0. The minimum absolute atomic E-state index is 0.115. The molecule has 0 saturated carbocycles. The molecule has 160 valence electrons. The summed E-state index contributed by atoms with van der Waals surface area (Å²) in [5.41, 5.74) is 3.88. The Morgan fingerprint density at radius 2 is 2.10 bits per heavy atom. The van der Waals surface area contributed by atoms with Crippen LogP contribution in [0.2, 0.25) is 0 Å². The number of nitrogens with zero attached hydrogens (tertiary/aromatic N) is 2. The van der Waals surface area contributed by atoms with Crippen molar-refractivity contribution >= 4 is 22.5 Å². The second kappa shape index (κ2) is 8.03. The predicted octanol–water partition coefficient (Wildman–Crippen LogP) is 2.82. The normalized spacial score (nSPS) is 16.0. The Balaban J connectivity index is 1.33. The van der Waals surface area contributed by atoms with Gasteiger partial charge in [-0.05, 0) is 31.4 Å². The molecule has 4 aromatic rings. The van der Waals surface area contributed by atoms with Gasteiger partial charge in [-0.1, -0.05) is 18.2 Å². The van der Waals surface area contributed by atoms with Crippen LogP contribution in [0.5, 0.6) is 0 Å². The number of H-pyrrole nitrogens is 2. The highest BCUT2D eigenvalue weighted by Crippen LogP contribution is 2.26. The van der Waals surface area contributed by atoms with Crippen molar-refractivity contribution in [2.75, 3.05) is 13.2 Å². The lowest BCUT2D eigenvalue weighted by Crippen LogP contribution is -2.30. The minimum Gasteiger partial charge on any atom is -0.381 e. The average molecular weight is 419 g/mol. The van der Waals surface area contributed by atoms with Gasteiger partial charge in [0.25, 0.3) is 5.56 Å². The first kappa shape index (κ1) is 19.6. The highest BCUT2D eigenvalue weighted by molar-refractivity contribution is 5.88. The molecule has 5 rings (SSSR count). The van der Waals surface area contributed by atoms with E-state index in [1.807, 2.05) is 43.5 Å². The number of hydrogen-bond acceptors (Lipinski definition) is 4. The van der Waals surface area contributed by atoms with Crippen molar-refractivity contribution in [3.63, 3.8) is 0 Å². The summed E-state index contributed by atoms with van der Waals surface area (Å²) in [4.78, 5) is 33.1. The van der Waals surface area contributed by atoms with E-state index < -0.39 is 0 Å². The number of rotatable bonds is 5. The maximum absolute atomic E-state index is 12.6. The Morgan fingerprint density at radius 1 is 1.29 bits per heavy atom. The number of benzene rings is 1. The number of aromatic amines is 2.